The highest BCUT2D eigenvalue weighted by Crippen LogP contribution is 2.37. The van der Waals surface area contributed by atoms with Gasteiger partial charge in [0.05, 0.1) is 12.0 Å². The summed E-state index contributed by atoms with van der Waals surface area (Å²) in [6, 6.07) is 5.48. The Labute approximate surface area is 170 Å². The van der Waals surface area contributed by atoms with E-state index in [0.29, 0.717) is 24.1 Å². The van der Waals surface area contributed by atoms with Crippen LogP contribution in [-0.2, 0) is 14.3 Å². The Morgan fingerprint density at radius 2 is 1.93 bits per heavy atom. The number of carbonyl (C=O) groups excluding carboxylic acids is 2. The Bertz CT molecular complexity index is 787. The molecule has 3 saturated heterocycles. The molecule has 0 saturated carbocycles. The number of ether oxygens (including phenoxy) is 3. The van der Waals surface area contributed by atoms with Crippen LogP contribution in [0.4, 0.5) is 5.69 Å². The molecule has 4 aliphatic rings. The standard InChI is InChI=1S/C21H27N3O5/c25-20-10-15(12-24(20)16-3-4-18-19(11-16)29-14-28-18)21(26)23-7-5-22(6-8-23)13-17-2-1-9-27-17/h3-4,11,15,17H,1-2,5-10,12-14H2. The van der Waals surface area contributed by atoms with Crippen molar-refractivity contribution in [3.05, 3.63) is 18.2 Å². The SMILES string of the molecule is O=C(C1CC(=O)N(c2ccc3c(c2)OCO3)C1)N1CCN(CC2CCCO2)CC1. The molecule has 2 amide bonds. The van der Waals surface area contributed by atoms with Gasteiger partial charge in [0.25, 0.3) is 0 Å². The minimum atomic E-state index is -0.280. The van der Waals surface area contributed by atoms with Crippen LogP contribution in [-0.4, -0.2) is 80.4 Å². The maximum Gasteiger partial charge on any atom is 0.231 e. The fourth-order valence-corrected chi connectivity index (χ4v) is 4.66. The van der Waals surface area contributed by atoms with Crippen molar-refractivity contribution in [1.82, 2.24) is 9.80 Å². The third kappa shape index (κ3) is 3.79. The van der Waals surface area contributed by atoms with Crippen LogP contribution in [0.25, 0.3) is 0 Å². The van der Waals surface area contributed by atoms with Crippen LogP contribution in [0, 0.1) is 5.92 Å². The zero-order chi connectivity index (χ0) is 19.8. The quantitative estimate of drug-likeness (QED) is 0.752. The van der Waals surface area contributed by atoms with Gasteiger partial charge in [0.1, 0.15) is 0 Å². The van der Waals surface area contributed by atoms with E-state index in [2.05, 4.69) is 4.90 Å². The smallest absolute Gasteiger partial charge is 0.231 e. The fraction of sp³-hybridized carbons (Fsp3) is 0.619. The van der Waals surface area contributed by atoms with Gasteiger partial charge in [-0.2, -0.15) is 0 Å². The minimum Gasteiger partial charge on any atom is -0.454 e. The van der Waals surface area contributed by atoms with E-state index in [0.717, 1.165) is 57.9 Å². The zero-order valence-corrected chi connectivity index (χ0v) is 16.5. The van der Waals surface area contributed by atoms with E-state index in [-0.39, 0.29) is 30.9 Å². The predicted molar refractivity (Wildman–Crippen MR) is 105 cm³/mol. The number of rotatable bonds is 4. The topological polar surface area (TPSA) is 71.6 Å². The molecule has 2 unspecified atom stereocenters. The molecule has 156 valence electrons. The fourth-order valence-electron chi connectivity index (χ4n) is 4.66. The molecule has 0 radical (unpaired) electrons. The molecule has 8 nitrogen and oxygen atoms in total. The summed E-state index contributed by atoms with van der Waals surface area (Å²) in [6.45, 7) is 5.65. The van der Waals surface area contributed by atoms with Crippen molar-refractivity contribution >= 4 is 17.5 Å². The van der Waals surface area contributed by atoms with Gasteiger partial charge in [-0.15, -0.1) is 0 Å². The van der Waals surface area contributed by atoms with Crippen molar-refractivity contribution in [2.24, 2.45) is 5.92 Å². The van der Waals surface area contributed by atoms with Crippen LogP contribution in [0.15, 0.2) is 18.2 Å². The van der Waals surface area contributed by atoms with E-state index >= 15 is 0 Å². The Kier molecular flexibility index (Phi) is 5.05. The molecular weight excluding hydrogens is 374 g/mol. The van der Waals surface area contributed by atoms with Gasteiger partial charge in [0.15, 0.2) is 11.5 Å². The van der Waals surface area contributed by atoms with E-state index in [1.807, 2.05) is 23.1 Å². The molecule has 1 aromatic rings. The van der Waals surface area contributed by atoms with E-state index in [1.165, 1.54) is 0 Å². The molecular formula is C21H27N3O5. The van der Waals surface area contributed by atoms with Crippen LogP contribution in [0.3, 0.4) is 0 Å². The first-order valence-electron chi connectivity index (χ1n) is 10.5. The highest BCUT2D eigenvalue weighted by atomic mass is 16.7. The molecule has 2 atom stereocenters. The first kappa shape index (κ1) is 18.7. The number of carbonyl (C=O) groups is 2. The van der Waals surface area contributed by atoms with Gasteiger partial charge in [-0.05, 0) is 25.0 Å². The second-order valence-corrected chi connectivity index (χ2v) is 8.20. The van der Waals surface area contributed by atoms with Gasteiger partial charge in [-0.3, -0.25) is 14.5 Å². The number of hydrogen-bond donors (Lipinski definition) is 0. The molecule has 5 rings (SSSR count). The largest absolute Gasteiger partial charge is 0.454 e. The summed E-state index contributed by atoms with van der Waals surface area (Å²) in [4.78, 5) is 31.6. The van der Waals surface area contributed by atoms with E-state index in [9.17, 15) is 9.59 Å². The number of piperazine rings is 1. The molecule has 0 aliphatic carbocycles. The normalized spacial score (nSPS) is 27.1. The zero-order valence-electron chi connectivity index (χ0n) is 16.5. The number of nitrogens with zero attached hydrogens (tertiary/aromatic N) is 3. The maximum absolute atomic E-state index is 13.0. The van der Waals surface area contributed by atoms with Crippen LogP contribution < -0.4 is 14.4 Å². The Morgan fingerprint density at radius 3 is 2.72 bits per heavy atom. The summed E-state index contributed by atoms with van der Waals surface area (Å²) in [7, 11) is 0. The molecule has 29 heavy (non-hydrogen) atoms. The monoisotopic (exact) mass is 401 g/mol. The van der Waals surface area contributed by atoms with Crippen LogP contribution in [0.1, 0.15) is 19.3 Å². The average molecular weight is 401 g/mol. The third-order valence-electron chi connectivity index (χ3n) is 6.31. The molecule has 0 aromatic heterocycles. The molecule has 0 N–H and O–H groups in total. The minimum absolute atomic E-state index is 0.0146. The lowest BCUT2D eigenvalue weighted by Crippen LogP contribution is -2.52. The molecule has 0 bridgehead atoms. The van der Waals surface area contributed by atoms with Gasteiger partial charge in [-0.25, -0.2) is 0 Å². The lowest BCUT2D eigenvalue weighted by Gasteiger charge is -2.36. The molecule has 1 aromatic carbocycles. The van der Waals surface area contributed by atoms with Crippen LogP contribution in [0.5, 0.6) is 11.5 Å². The van der Waals surface area contributed by atoms with Crippen molar-refractivity contribution in [2.45, 2.75) is 25.4 Å². The molecule has 0 spiro atoms. The van der Waals surface area contributed by atoms with Crippen molar-refractivity contribution < 1.29 is 23.8 Å². The Morgan fingerprint density at radius 1 is 1.10 bits per heavy atom. The van der Waals surface area contributed by atoms with Gasteiger partial charge in [0, 0.05) is 64.0 Å². The molecule has 3 fully saturated rings. The lowest BCUT2D eigenvalue weighted by molar-refractivity contribution is -0.137. The first-order chi connectivity index (χ1) is 14.2. The summed E-state index contributed by atoms with van der Waals surface area (Å²) in [5.41, 5.74) is 0.760. The van der Waals surface area contributed by atoms with Crippen LogP contribution >= 0.6 is 0 Å². The highest BCUT2D eigenvalue weighted by molar-refractivity contribution is 6.00. The summed E-state index contributed by atoms with van der Waals surface area (Å²) >= 11 is 0. The van der Waals surface area contributed by atoms with Gasteiger partial charge >= 0.3 is 0 Å². The second-order valence-electron chi connectivity index (χ2n) is 8.20. The third-order valence-corrected chi connectivity index (χ3v) is 6.31. The van der Waals surface area contributed by atoms with E-state index in [4.69, 9.17) is 14.2 Å². The Hall–Kier alpha value is -2.32. The summed E-state index contributed by atoms with van der Waals surface area (Å²) in [5, 5.41) is 0. The second kappa shape index (κ2) is 7.84. The van der Waals surface area contributed by atoms with Crippen molar-refractivity contribution in [2.75, 3.05) is 57.6 Å². The Balaban J connectivity index is 1.17. The number of amides is 2. The summed E-state index contributed by atoms with van der Waals surface area (Å²) < 4.78 is 16.5. The van der Waals surface area contributed by atoms with Gasteiger partial charge < -0.3 is 24.0 Å². The van der Waals surface area contributed by atoms with Crippen LogP contribution in [0.2, 0.25) is 0 Å². The van der Waals surface area contributed by atoms with E-state index < -0.39 is 0 Å². The molecule has 8 heteroatoms. The van der Waals surface area contributed by atoms with Crippen molar-refractivity contribution in [1.29, 1.82) is 0 Å². The lowest BCUT2D eigenvalue weighted by atomic mass is 10.1. The number of benzene rings is 1. The number of fused-ring (bicyclic) bond motifs is 1. The maximum atomic E-state index is 13.0. The van der Waals surface area contributed by atoms with Gasteiger partial charge in [0.2, 0.25) is 18.6 Å². The highest BCUT2D eigenvalue weighted by Gasteiger charge is 2.38. The number of hydrogen-bond acceptors (Lipinski definition) is 6. The van der Waals surface area contributed by atoms with E-state index in [1.54, 1.807) is 4.90 Å². The first-order valence-corrected chi connectivity index (χ1v) is 10.5. The van der Waals surface area contributed by atoms with Crippen molar-refractivity contribution in [3.63, 3.8) is 0 Å². The number of anilines is 1. The van der Waals surface area contributed by atoms with Crippen molar-refractivity contribution in [3.8, 4) is 11.5 Å². The molecule has 4 heterocycles. The summed E-state index contributed by atoms with van der Waals surface area (Å²) in [6.07, 6.45) is 2.90. The summed E-state index contributed by atoms with van der Waals surface area (Å²) in [5.74, 6) is 1.14. The average Bonchev–Trinajstić information content (AvgIpc) is 3.48. The van der Waals surface area contributed by atoms with Gasteiger partial charge in [-0.1, -0.05) is 0 Å². The molecule has 4 aliphatic heterocycles. The predicted octanol–water partition coefficient (Wildman–Crippen LogP) is 1.09.